The van der Waals surface area contributed by atoms with Gasteiger partial charge < -0.3 is 0 Å². The maximum absolute atomic E-state index is 13.0. The molecular weight excluding hydrogens is 407 g/mol. The van der Waals surface area contributed by atoms with Gasteiger partial charge in [-0.25, -0.2) is 0 Å². The molecule has 32 heavy (non-hydrogen) atoms. The molecule has 2 heteroatoms. The van der Waals surface area contributed by atoms with E-state index in [0.29, 0.717) is 0 Å². The summed E-state index contributed by atoms with van der Waals surface area (Å²) < 4.78 is 0. The number of benzene rings is 3. The quantitative estimate of drug-likeness (QED) is 0.202. The molecule has 3 aromatic rings. The van der Waals surface area contributed by atoms with E-state index in [0.717, 1.165) is 28.5 Å². The van der Waals surface area contributed by atoms with Crippen LogP contribution in [0.3, 0.4) is 0 Å². The van der Waals surface area contributed by atoms with Crippen molar-refractivity contribution >= 4 is 22.7 Å². The molecule has 1 nitrogen and oxygen atoms in total. The van der Waals surface area contributed by atoms with E-state index in [2.05, 4.69) is 79.7 Å². The summed E-state index contributed by atoms with van der Waals surface area (Å²) >= 11 is 0. The molecule has 172 valence electrons. The summed E-state index contributed by atoms with van der Waals surface area (Å²) in [5.74, 6) is 0. The standard InChI is InChI=1S/C30H41OP/c1-2-3-4-5-6-7-8-9-10-20-27-32(31,28-21-14-11-15-22-28,29-23-16-12-17-24-29)30-25-18-13-19-26-30/h11-19,21-26,31H,2-10,20,27H2,1H3. The maximum atomic E-state index is 13.0. The van der Waals surface area contributed by atoms with Crippen LogP contribution in [-0.4, -0.2) is 11.1 Å². The van der Waals surface area contributed by atoms with Gasteiger partial charge in [0.15, 0.2) is 0 Å². The average Bonchev–Trinajstić information content (AvgIpc) is 2.87. The van der Waals surface area contributed by atoms with E-state index in [1.165, 1.54) is 57.8 Å². The van der Waals surface area contributed by atoms with Crippen LogP contribution in [0, 0.1) is 0 Å². The van der Waals surface area contributed by atoms with E-state index in [9.17, 15) is 4.89 Å². The molecule has 0 bridgehead atoms. The van der Waals surface area contributed by atoms with Crippen molar-refractivity contribution in [2.45, 2.75) is 71.1 Å². The fourth-order valence-electron chi connectivity index (χ4n) is 4.99. The molecule has 0 atom stereocenters. The minimum absolute atomic E-state index is 0.806. The van der Waals surface area contributed by atoms with Crippen molar-refractivity contribution in [3.8, 4) is 0 Å². The van der Waals surface area contributed by atoms with Crippen LogP contribution in [0.1, 0.15) is 71.1 Å². The van der Waals surface area contributed by atoms with Crippen LogP contribution in [-0.2, 0) is 0 Å². The second kappa shape index (κ2) is 12.3. The van der Waals surface area contributed by atoms with Crippen LogP contribution >= 0.6 is 6.83 Å². The predicted molar refractivity (Wildman–Crippen MR) is 144 cm³/mol. The molecule has 0 fully saturated rings. The molecule has 0 amide bonds. The van der Waals surface area contributed by atoms with Crippen LogP contribution in [0.25, 0.3) is 0 Å². The predicted octanol–water partition coefficient (Wildman–Crippen LogP) is 7.34. The molecule has 0 saturated heterocycles. The summed E-state index contributed by atoms with van der Waals surface area (Å²) in [7, 11) is 0. The van der Waals surface area contributed by atoms with Crippen LogP contribution < -0.4 is 15.9 Å². The molecule has 1 N–H and O–H groups in total. The molecule has 0 radical (unpaired) electrons. The fourth-order valence-corrected chi connectivity index (χ4v) is 9.94. The number of hydrogen-bond donors (Lipinski definition) is 1. The summed E-state index contributed by atoms with van der Waals surface area (Å²) in [4.78, 5) is 13.0. The van der Waals surface area contributed by atoms with Gasteiger partial charge in [-0.2, -0.15) is 0 Å². The van der Waals surface area contributed by atoms with Crippen LogP contribution in [0.5, 0.6) is 0 Å². The first kappa shape index (κ1) is 24.7. The normalized spacial score (nSPS) is 12.9. The van der Waals surface area contributed by atoms with Gasteiger partial charge in [-0.15, -0.1) is 0 Å². The Balaban J connectivity index is 1.78. The van der Waals surface area contributed by atoms with E-state index >= 15 is 0 Å². The Morgan fingerprint density at radius 2 is 0.781 bits per heavy atom. The number of unbranched alkanes of at least 4 members (excludes halogenated alkanes) is 9. The van der Waals surface area contributed by atoms with E-state index in [1.54, 1.807) is 0 Å². The van der Waals surface area contributed by atoms with Gasteiger partial charge in [0.1, 0.15) is 0 Å². The zero-order chi connectivity index (χ0) is 22.6. The molecule has 0 spiro atoms. The van der Waals surface area contributed by atoms with E-state index in [1.807, 2.05) is 18.2 Å². The Kier molecular flexibility index (Phi) is 9.51. The minimum atomic E-state index is -3.53. The topological polar surface area (TPSA) is 20.2 Å². The number of hydrogen-bond acceptors (Lipinski definition) is 1. The molecule has 3 aromatic carbocycles. The van der Waals surface area contributed by atoms with Crippen molar-refractivity contribution in [1.82, 2.24) is 0 Å². The van der Waals surface area contributed by atoms with Gasteiger partial charge in [0.2, 0.25) is 0 Å². The van der Waals surface area contributed by atoms with Crippen molar-refractivity contribution < 1.29 is 4.89 Å². The first-order chi connectivity index (χ1) is 15.7. The van der Waals surface area contributed by atoms with E-state index in [4.69, 9.17) is 0 Å². The first-order valence-electron chi connectivity index (χ1n) is 12.6. The summed E-state index contributed by atoms with van der Waals surface area (Å²) in [6.07, 6.45) is 13.8. The molecule has 0 aliphatic heterocycles. The Hall–Kier alpha value is -1.95. The zero-order valence-corrected chi connectivity index (χ0v) is 20.7. The van der Waals surface area contributed by atoms with Gasteiger partial charge in [0.25, 0.3) is 0 Å². The van der Waals surface area contributed by atoms with Gasteiger partial charge in [0.05, 0.1) is 0 Å². The summed E-state index contributed by atoms with van der Waals surface area (Å²) in [6, 6.07) is 31.3. The van der Waals surface area contributed by atoms with Crippen LogP contribution in [0.15, 0.2) is 91.0 Å². The van der Waals surface area contributed by atoms with E-state index in [-0.39, 0.29) is 0 Å². The van der Waals surface area contributed by atoms with Crippen LogP contribution in [0.2, 0.25) is 0 Å². The third kappa shape index (κ3) is 5.69. The van der Waals surface area contributed by atoms with Gasteiger partial charge in [-0.05, 0) is 0 Å². The average molecular weight is 449 g/mol. The Morgan fingerprint density at radius 1 is 0.469 bits per heavy atom. The Morgan fingerprint density at radius 3 is 1.12 bits per heavy atom. The van der Waals surface area contributed by atoms with Crippen molar-refractivity contribution in [3.05, 3.63) is 91.0 Å². The van der Waals surface area contributed by atoms with Crippen molar-refractivity contribution in [2.75, 3.05) is 6.16 Å². The van der Waals surface area contributed by atoms with Gasteiger partial charge in [0, 0.05) is 0 Å². The van der Waals surface area contributed by atoms with Crippen molar-refractivity contribution in [1.29, 1.82) is 0 Å². The molecule has 0 aliphatic rings. The monoisotopic (exact) mass is 448 g/mol. The second-order valence-corrected chi connectivity index (χ2v) is 13.7. The van der Waals surface area contributed by atoms with Gasteiger partial charge in [-0.1, -0.05) is 0 Å². The third-order valence-electron chi connectivity index (χ3n) is 6.88. The summed E-state index contributed by atoms with van der Waals surface area (Å²) in [5.41, 5.74) is 0. The van der Waals surface area contributed by atoms with Crippen LogP contribution in [0.4, 0.5) is 0 Å². The molecule has 0 unspecified atom stereocenters. The number of rotatable bonds is 14. The van der Waals surface area contributed by atoms with Gasteiger partial charge >= 0.3 is 196 Å². The zero-order valence-electron chi connectivity index (χ0n) is 19.8. The molecular formula is C30H41OP. The van der Waals surface area contributed by atoms with Crippen molar-refractivity contribution in [3.63, 3.8) is 0 Å². The molecule has 0 saturated carbocycles. The van der Waals surface area contributed by atoms with Crippen molar-refractivity contribution in [2.24, 2.45) is 0 Å². The Labute approximate surface area is 195 Å². The molecule has 0 aromatic heterocycles. The summed E-state index contributed by atoms with van der Waals surface area (Å²) in [5, 5.41) is 3.23. The first-order valence-corrected chi connectivity index (χ1v) is 15.0. The molecule has 0 heterocycles. The summed E-state index contributed by atoms with van der Waals surface area (Å²) in [6.45, 7) is -1.25. The molecule has 0 aliphatic carbocycles. The second-order valence-electron chi connectivity index (χ2n) is 9.16. The third-order valence-corrected chi connectivity index (χ3v) is 12.3. The van der Waals surface area contributed by atoms with E-state index < -0.39 is 6.83 Å². The Bertz CT molecular complexity index is 792. The SMILES string of the molecule is CCCCCCCCCCCCP(O)(c1ccccc1)(c1ccccc1)c1ccccc1. The fraction of sp³-hybridized carbons (Fsp3) is 0.400. The molecule has 3 rings (SSSR count). The van der Waals surface area contributed by atoms with Gasteiger partial charge in [-0.3, -0.25) is 0 Å².